The van der Waals surface area contributed by atoms with Crippen LogP contribution in [0.2, 0.25) is 0 Å². The van der Waals surface area contributed by atoms with Crippen LogP contribution in [-0.4, -0.2) is 39.9 Å². The van der Waals surface area contributed by atoms with Crippen LogP contribution in [0, 0.1) is 0 Å². The van der Waals surface area contributed by atoms with Gasteiger partial charge in [-0.1, -0.05) is 6.07 Å². The number of anilines is 1. The molecule has 0 saturated carbocycles. The van der Waals surface area contributed by atoms with Gasteiger partial charge in [0.05, 0.1) is 10.8 Å². The Balaban J connectivity index is 1.95. The van der Waals surface area contributed by atoms with Crippen molar-refractivity contribution in [1.82, 2.24) is 5.32 Å². The van der Waals surface area contributed by atoms with Crippen LogP contribution in [-0.2, 0) is 20.6 Å². The van der Waals surface area contributed by atoms with Crippen LogP contribution < -0.4 is 10.6 Å². The summed E-state index contributed by atoms with van der Waals surface area (Å²) < 4.78 is 37.8. The van der Waals surface area contributed by atoms with Crippen molar-refractivity contribution in [2.45, 2.75) is 23.9 Å². The molecule has 1 aliphatic rings. The molecule has 1 saturated heterocycles. The fourth-order valence-corrected chi connectivity index (χ4v) is 3.17. The maximum Gasteiger partial charge on any atom is 0.416 e. The first-order valence-electron chi connectivity index (χ1n) is 6.78. The number of carboxylic acids is 1. The lowest BCUT2D eigenvalue weighted by Crippen LogP contribution is -2.51. The number of carbonyl (C=O) groups excluding carboxylic acids is 2. The van der Waals surface area contributed by atoms with Gasteiger partial charge < -0.3 is 15.7 Å². The normalized spacial score (nSPS) is 21.0. The number of carbonyl (C=O) groups is 3. The fraction of sp³-hybridized carbons (Fsp3) is 0.357. The summed E-state index contributed by atoms with van der Waals surface area (Å²) in [7, 11) is 0. The van der Waals surface area contributed by atoms with Crippen LogP contribution >= 0.6 is 11.8 Å². The molecule has 1 heterocycles. The molecule has 1 fully saturated rings. The highest BCUT2D eigenvalue weighted by Gasteiger charge is 2.34. The van der Waals surface area contributed by atoms with Gasteiger partial charge in [0, 0.05) is 17.9 Å². The molecule has 6 nitrogen and oxygen atoms in total. The molecule has 130 valence electrons. The van der Waals surface area contributed by atoms with Crippen molar-refractivity contribution >= 4 is 35.2 Å². The van der Waals surface area contributed by atoms with Gasteiger partial charge in [-0.25, -0.2) is 4.79 Å². The maximum atomic E-state index is 12.6. The highest BCUT2D eigenvalue weighted by Crippen LogP contribution is 2.30. The SMILES string of the molecule is O=C(C[C@@H]1SC[C@@H](C(=O)O)NC1=O)Nc1cccc(C(F)(F)F)c1. The van der Waals surface area contributed by atoms with Gasteiger partial charge in [0.25, 0.3) is 0 Å². The molecule has 0 unspecified atom stereocenters. The number of aliphatic carboxylic acids is 1. The molecule has 1 aromatic carbocycles. The van der Waals surface area contributed by atoms with Crippen molar-refractivity contribution in [3.8, 4) is 0 Å². The van der Waals surface area contributed by atoms with E-state index in [-0.39, 0.29) is 17.9 Å². The van der Waals surface area contributed by atoms with Gasteiger partial charge >= 0.3 is 12.1 Å². The molecule has 10 heteroatoms. The Hall–Kier alpha value is -2.23. The fourth-order valence-electron chi connectivity index (χ4n) is 2.03. The number of halogens is 3. The first kappa shape index (κ1) is 18.1. The van der Waals surface area contributed by atoms with E-state index >= 15 is 0 Å². The van der Waals surface area contributed by atoms with Crippen molar-refractivity contribution in [3.05, 3.63) is 29.8 Å². The number of amides is 2. The molecule has 1 aromatic rings. The number of rotatable bonds is 4. The van der Waals surface area contributed by atoms with Crippen LogP contribution in [0.15, 0.2) is 24.3 Å². The molecule has 2 amide bonds. The lowest BCUT2D eigenvalue weighted by Gasteiger charge is -2.25. The number of hydrogen-bond donors (Lipinski definition) is 3. The second-order valence-corrected chi connectivity index (χ2v) is 6.29. The summed E-state index contributed by atoms with van der Waals surface area (Å²) in [5.41, 5.74) is -0.922. The average molecular weight is 362 g/mol. The minimum absolute atomic E-state index is 0.0283. The lowest BCUT2D eigenvalue weighted by molar-refractivity contribution is -0.141. The highest BCUT2D eigenvalue weighted by atomic mass is 32.2. The smallest absolute Gasteiger partial charge is 0.416 e. The number of alkyl halides is 3. The Morgan fingerprint density at radius 1 is 1.38 bits per heavy atom. The van der Waals surface area contributed by atoms with Crippen molar-refractivity contribution < 1.29 is 32.7 Å². The van der Waals surface area contributed by atoms with Crippen LogP contribution in [0.5, 0.6) is 0 Å². The zero-order chi connectivity index (χ0) is 17.9. The maximum absolute atomic E-state index is 12.6. The van der Waals surface area contributed by atoms with E-state index in [0.29, 0.717) is 0 Å². The Morgan fingerprint density at radius 3 is 2.67 bits per heavy atom. The van der Waals surface area contributed by atoms with E-state index in [1.807, 2.05) is 0 Å². The predicted molar refractivity (Wildman–Crippen MR) is 80.5 cm³/mol. The van der Waals surface area contributed by atoms with Crippen molar-refractivity contribution in [3.63, 3.8) is 0 Å². The molecular formula is C14H13F3N2O4S. The summed E-state index contributed by atoms with van der Waals surface area (Å²) in [5.74, 6) is -2.26. The monoisotopic (exact) mass is 362 g/mol. The molecular weight excluding hydrogens is 349 g/mol. The van der Waals surface area contributed by atoms with E-state index < -0.39 is 40.8 Å². The largest absolute Gasteiger partial charge is 0.480 e. The van der Waals surface area contributed by atoms with Crippen molar-refractivity contribution in [2.75, 3.05) is 11.1 Å². The zero-order valence-corrected chi connectivity index (χ0v) is 12.9. The third-order valence-corrected chi connectivity index (χ3v) is 4.52. The summed E-state index contributed by atoms with van der Waals surface area (Å²) >= 11 is 1.02. The number of nitrogens with one attached hydrogen (secondary N) is 2. The molecule has 2 rings (SSSR count). The third kappa shape index (κ3) is 4.63. The van der Waals surface area contributed by atoms with Crippen molar-refractivity contribution in [2.24, 2.45) is 0 Å². The lowest BCUT2D eigenvalue weighted by atomic mass is 10.2. The summed E-state index contributed by atoms with van der Waals surface area (Å²) in [4.78, 5) is 34.4. The summed E-state index contributed by atoms with van der Waals surface area (Å²) in [6, 6.07) is 3.14. The van der Waals surface area contributed by atoms with Crippen LogP contribution in [0.1, 0.15) is 12.0 Å². The van der Waals surface area contributed by atoms with Gasteiger partial charge in [0.1, 0.15) is 6.04 Å². The molecule has 2 atom stereocenters. The second-order valence-electron chi connectivity index (χ2n) is 5.05. The summed E-state index contributed by atoms with van der Waals surface area (Å²) in [6.45, 7) is 0. The van der Waals surface area contributed by atoms with E-state index in [1.54, 1.807) is 0 Å². The quantitative estimate of drug-likeness (QED) is 0.758. The van der Waals surface area contributed by atoms with Gasteiger partial charge in [0.2, 0.25) is 11.8 Å². The van der Waals surface area contributed by atoms with Gasteiger partial charge in [-0.2, -0.15) is 13.2 Å². The van der Waals surface area contributed by atoms with Gasteiger partial charge in [-0.3, -0.25) is 9.59 Å². The summed E-state index contributed by atoms with van der Waals surface area (Å²) in [6.07, 6.45) is -4.79. The Kier molecular flexibility index (Phi) is 5.37. The molecule has 0 aromatic heterocycles. The van der Waals surface area contributed by atoms with E-state index in [9.17, 15) is 27.6 Å². The first-order chi connectivity index (χ1) is 11.2. The minimum atomic E-state index is -4.52. The third-order valence-electron chi connectivity index (χ3n) is 3.22. The number of benzene rings is 1. The van der Waals surface area contributed by atoms with Gasteiger partial charge in [-0.05, 0) is 18.2 Å². The van der Waals surface area contributed by atoms with Gasteiger partial charge in [-0.15, -0.1) is 11.8 Å². The molecule has 0 bridgehead atoms. The predicted octanol–water partition coefficient (Wildman–Crippen LogP) is 1.72. The molecule has 0 radical (unpaired) electrons. The Morgan fingerprint density at radius 2 is 2.08 bits per heavy atom. The first-order valence-corrected chi connectivity index (χ1v) is 7.83. The van der Waals surface area contributed by atoms with Gasteiger partial charge in [0.15, 0.2) is 0 Å². The molecule has 1 aliphatic heterocycles. The highest BCUT2D eigenvalue weighted by molar-refractivity contribution is 8.00. The topological polar surface area (TPSA) is 95.5 Å². The van der Waals surface area contributed by atoms with Crippen molar-refractivity contribution in [1.29, 1.82) is 0 Å². The average Bonchev–Trinajstić information content (AvgIpc) is 2.48. The molecule has 24 heavy (non-hydrogen) atoms. The van der Waals surface area contributed by atoms with E-state index in [4.69, 9.17) is 5.11 Å². The van der Waals surface area contributed by atoms with Crippen LogP contribution in [0.25, 0.3) is 0 Å². The number of hydrogen-bond acceptors (Lipinski definition) is 4. The molecule has 0 aliphatic carbocycles. The van der Waals surface area contributed by atoms with E-state index in [0.717, 1.165) is 30.0 Å². The molecule has 3 N–H and O–H groups in total. The number of thioether (sulfide) groups is 1. The number of carboxylic acid groups (broad SMARTS) is 1. The standard InChI is InChI=1S/C14H13F3N2O4S/c15-14(16,17)7-2-1-3-8(4-7)18-11(20)5-10-12(21)19-9(6-24-10)13(22)23/h1-4,9-10H,5-6H2,(H,18,20)(H,19,21)(H,22,23)/t9-,10-/m0/s1. The summed E-state index contributed by atoms with van der Waals surface area (Å²) in [5, 5.41) is 12.6. The van der Waals surface area contributed by atoms with E-state index in [2.05, 4.69) is 10.6 Å². The molecule has 0 spiro atoms. The zero-order valence-electron chi connectivity index (χ0n) is 12.1. The van der Waals surface area contributed by atoms with E-state index in [1.165, 1.54) is 6.07 Å². The Bertz CT molecular complexity index is 666. The second kappa shape index (κ2) is 7.12. The van der Waals surface area contributed by atoms with Crippen LogP contribution in [0.4, 0.5) is 18.9 Å². The Labute approximate surface area is 138 Å². The minimum Gasteiger partial charge on any atom is -0.480 e. The van der Waals surface area contributed by atoms with Crippen LogP contribution in [0.3, 0.4) is 0 Å².